The average molecular weight is 835 g/mol. The number of carbonyl (C=O) groups excluding carboxylic acids is 2. The van der Waals surface area contributed by atoms with E-state index in [1.807, 2.05) is 0 Å². The molecule has 0 aromatic rings. The smallest absolute Gasteiger partial charge is 0.306 e. The predicted octanol–water partition coefficient (Wildman–Crippen LogP) is 18.1. The minimum Gasteiger partial charge on any atom is -0.462 e. The van der Waals surface area contributed by atoms with E-state index in [9.17, 15) is 9.59 Å². The first kappa shape index (κ1) is 57.9. The third-order valence-corrected chi connectivity index (χ3v) is 12.4. The highest BCUT2D eigenvalue weighted by Crippen LogP contribution is 2.17. The Morgan fingerprint density at radius 3 is 0.864 bits per heavy atom. The minimum absolute atomic E-state index is 0.0979. The Morgan fingerprint density at radius 2 is 0.559 bits per heavy atom. The van der Waals surface area contributed by atoms with E-state index in [-0.39, 0.29) is 18.5 Å². The number of hydrogen-bond donors (Lipinski definition) is 0. The summed E-state index contributed by atoms with van der Waals surface area (Å²) in [7, 11) is 0. The van der Waals surface area contributed by atoms with Crippen LogP contribution >= 0.6 is 0 Å². The summed E-state index contributed by atoms with van der Waals surface area (Å²) in [5, 5.41) is 0. The molecular weight excluding hydrogens is 729 g/mol. The summed E-state index contributed by atoms with van der Waals surface area (Å²) in [5.41, 5.74) is 0. The lowest BCUT2D eigenvalue weighted by Crippen LogP contribution is -2.30. The summed E-state index contributed by atoms with van der Waals surface area (Å²) in [4.78, 5) is 25.4. The van der Waals surface area contributed by atoms with Crippen LogP contribution in [0.25, 0.3) is 0 Å². The summed E-state index contributed by atoms with van der Waals surface area (Å²) in [6, 6.07) is 0. The second-order valence-electron chi connectivity index (χ2n) is 18.5. The summed E-state index contributed by atoms with van der Waals surface area (Å²) in [6.07, 6.45) is 56.8. The van der Waals surface area contributed by atoms with Crippen molar-refractivity contribution in [2.45, 2.75) is 316 Å². The molecule has 5 heteroatoms. The van der Waals surface area contributed by atoms with Crippen molar-refractivity contribution >= 4 is 11.9 Å². The molecule has 0 saturated carbocycles. The molecule has 0 radical (unpaired) electrons. The fourth-order valence-corrected chi connectivity index (χ4v) is 8.34. The van der Waals surface area contributed by atoms with Crippen molar-refractivity contribution in [1.82, 2.24) is 0 Å². The molecule has 0 rings (SSSR count). The van der Waals surface area contributed by atoms with Gasteiger partial charge < -0.3 is 14.2 Å². The molecule has 0 saturated heterocycles. The molecule has 352 valence electrons. The Kier molecular flexibility index (Phi) is 50.3. The Bertz CT molecular complexity index is 815. The zero-order valence-corrected chi connectivity index (χ0v) is 40.6. The first-order valence-corrected chi connectivity index (χ1v) is 27.1. The summed E-state index contributed by atoms with van der Waals surface area (Å²) < 4.78 is 17.4. The number of unbranched alkanes of at least 4 members (excludes halogenated alkanes) is 40. The van der Waals surface area contributed by atoms with E-state index in [0.717, 1.165) is 32.1 Å². The second kappa shape index (κ2) is 51.3. The van der Waals surface area contributed by atoms with Crippen molar-refractivity contribution in [1.29, 1.82) is 0 Å². The average Bonchev–Trinajstić information content (AvgIpc) is 3.24. The fraction of sp³-hybridized carbons (Fsp3) is 0.963. The zero-order chi connectivity index (χ0) is 42.8. The van der Waals surface area contributed by atoms with Crippen molar-refractivity contribution < 1.29 is 23.8 Å². The molecule has 0 unspecified atom stereocenters. The Morgan fingerprint density at radius 1 is 0.305 bits per heavy atom. The fourth-order valence-electron chi connectivity index (χ4n) is 8.34. The van der Waals surface area contributed by atoms with Gasteiger partial charge in [-0.1, -0.05) is 278 Å². The van der Waals surface area contributed by atoms with E-state index in [0.29, 0.717) is 26.1 Å². The molecule has 0 amide bonds. The molecule has 0 N–H and O–H groups in total. The maximum absolute atomic E-state index is 12.8. The van der Waals surface area contributed by atoms with Gasteiger partial charge in [0.1, 0.15) is 6.61 Å². The normalized spacial score (nSPS) is 12.0. The van der Waals surface area contributed by atoms with E-state index in [4.69, 9.17) is 14.2 Å². The first-order chi connectivity index (χ1) is 29.1. The molecule has 59 heavy (non-hydrogen) atoms. The van der Waals surface area contributed by atoms with Crippen LogP contribution in [0.1, 0.15) is 310 Å². The van der Waals surface area contributed by atoms with Gasteiger partial charge >= 0.3 is 11.9 Å². The Hall–Kier alpha value is -1.10. The topological polar surface area (TPSA) is 61.8 Å². The molecule has 1 atom stereocenters. The van der Waals surface area contributed by atoms with E-state index in [1.165, 1.54) is 244 Å². The Balaban J connectivity index is 4.17. The van der Waals surface area contributed by atoms with E-state index < -0.39 is 6.10 Å². The van der Waals surface area contributed by atoms with Gasteiger partial charge in [0.2, 0.25) is 0 Å². The summed E-state index contributed by atoms with van der Waals surface area (Å²) in [5.74, 6) is -0.369. The van der Waals surface area contributed by atoms with Crippen LogP contribution in [-0.4, -0.2) is 37.9 Å². The van der Waals surface area contributed by atoms with Gasteiger partial charge in [0.15, 0.2) is 6.10 Å². The number of ether oxygens (including phenoxy) is 3. The lowest BCUT2D eigenvalue weighted by atomic mass is 10.0. The third-order valence-electron chi connectivity index (χ3n) is 12.4. The lowest BCUT2D eigenvalue weighted by Gasteiger charge is -2.18. The van der Waals surface area contributed by atoms with Crippen molar-refractivity contribution in [3.8, 4) is 0 Å². The highest BCUT2D eigenvalue weighted by molar-refractivity contribution is 5.70. The van der Waals surface area contributed by atoms with Gasteiger partial charge in [-0.3, -0.25) is 9.59 Å². The van der Waals surface area contributed by atoms with Crippen molar-refractivity contribution in [2.75, 3.05) is 19.8 Å². The molecule has 0 aromatic heterocycles. The molecule has 0 aromatic carbocycles. The van der Waals surface area contributed by atoms with Crippen LogP contribution in [0.4, 0.5) is 0 Å². The van der Waals surface area contributed by atoms with Gasteiger partial charge in [-0.2, -0.15) is 0 Å². The quantitative estimate of drug-likeness (QED) is 0.0451. The molecule has 5 nitrogen and oxygen atoms in total. The largest absolute Gasteiger partial charge is 0.462 e. The number of esters is 2. The highest BCUT2D eigenvalue weighted by atomic mass is 16.6. The maximum Gasteiger partial charge on any atom is 0.306 e. The molecule has 0 spiro atoms. The number of rotatable bonds is 51. The van der Waals surface area contributed by atoms with Gasteiger partial charge in [0.05, 0.1) is 6.61 Å². The molecule has 0 aliphatic carbocycles. The predicted molar refractivity (Wildman–Crippen MR) is 256 cm³/mol. The number of carbonyl (C=O) groups is 2. The van der Waals surface area contributed by atoms with Crippen LogP contribution in [0.2, 0.25) is 0 Å². The molecule has 0 heterocycles. The van der Waals surface area contributed by atoms with Gasteiger partial charge in [-0.25, -0.2) is 0 Å². The van der Waals surface area contributed by atoms with Crippen LogP contribution in [0, 0.1) is 0 Å². The van der Waals surface area contributed by atoms with E-state index in [1.54, 1.807) is 0 Å². The Labute approximate surface area is 370 Å². The van der Waals surface area contributed by atoms with Gasteiger partial charge in [0, 0.05) is 19.4 Å². The molecular formula is C54H106O5. The van der Waals surface area contributed by atoms with Crippen LogP contribution in [0.15, 0.2) is 0 Å². The second-order valence-corrected chi connectivity index (χ2v) is 18.5. The first-order valence-electron chi connectivity index (χ1n) is 27.1. The standard InChI is InChI=1S/C54H106O5/c1-4-7-10-13-16-19-22-25-27-29-31-34-37-40-43-46-49-57-50-52(59-54(56)48-45-42-39-36-32-24-21-18-15-12-9-6-3)51-58-53(55)47-44-41-38-35-33-30-28-26-23-20-17-14-11-8-5-2/h52H,4-51H2,1-3H3/t52-/m1/s1. The van der Waals surface area contributed by atoms with Crippen molar-refractivity contribution in [3.63, 3.8) is 0 Å². The molecule has 0 aliphatic rings. The lowest BCUT2D eigenvalue weighted by molar-refractivity contribution is -0.163. The number of hydrogen-bond acceptors (Lipinski definition) is 5. The van der Waals surface area contributed by atoms with Gasteiger partial charge in [-0.15, -0.1) is 0 Å². The SMILES string of the molecule is CCCCCCCCCCCCCCCCCCOC[C@H](COC(=O)CCCCCCCCCCCCCCCCC)OC(=O)CCCCCCCCCCCCCC. The maximum atomic E-state index is 12.8. The molecule has 0 fully saturated rings. The zero-order valence-electron chi connectivity index (χ0n) is 40.6. The van der Waals surface area contributed by atoms with Crippen molar-refractivity contribution in [2.24, 2.45) is 0 Å². The molecule has 0 bridgehead atoms. The third kappa shape index (κ3) is 49.4. The van der Waals surface area contributed by atoms with Crippen LogP contribution in [0.5, 0.6) is 0 Å². The van der Waals surface area contributed by atoms with Crippen LogP contribution in [0.3, 0.4) is 0 Å². The monoisotopic (exact) mass is 835 g/mol. The minimum atomic E-state index is -0.522. The summed E-state index contributed by atoms with van der Waals surface area (Å²) >= 11 is 0. The highest BCUT2D eigenvalue weighted by Gasteiger charge is 2.17. The van der Waals surface area contributed by atoms with E-state index >= 15 is 0 Å². The summed E-state index contributed by atoms with van der Waals surface area (Å²) in [6.45, 7) is 7.91. The van der Waals surface area contributed by atoms with Crippen molar-refractivity contribution in [3.05, 3.63) is 0 Å². The van der Waals surface area contributed by atoms with Crippen LogP contribution in [-0.2, 0) is 23.8 Å². The van der Waals surface area contributed by atoms with Gasteiger partial charge in [-0.05, 0) is 19.3 Å². The van der Waals surface area contributed by atoms with Gasteiger partial charge in [0.25, 0.3) is 0 Å². The molecule has 0 aliphatic heterocycles. The van der Waals surface area contributed by atoms with E-state index in [2.05, 4.69) is 20.8 Å². The van der Waals surface area contributed by atoms with Crippen LogP contribution < -0.4 is 0 Å².